The molecule has 5 nitrogen and oxygen atoms in total. The number of hydrogen-bond acceptors (Lipinski definition) is 5. The maximum absolute atomic E-state index is 12.0. The van der Waals surface area contributed by atoms with Gasteiger partial charge in [0.15, 0.2) is 0 Å². The van der Waals surface area contributed by atoms with Crippen LogP contribution in [0.2, 0.25) is 0 Å². The summed E-state index contributed by atoms with van der Waals surface area (Å²) in [5.41, 5.74) is 3.64. The summed E-state index contributed by atoms with van der Waals surface area (Å²) in [6, 6.07) is 10.3. The monoisotopic (exact) mass is 354 g/mol. The van der Waals surface area contributed by atoms with Crippen LogP contribution in [0.1, 0.15) is 17.0 Å². The molecule has 6 heteroatoms. The Bertz CT molecular complexity index is 981. The smallest absolute Gasteiger partial charge is 0.348 e. The van der Waals surface area contributed by atoms with E-state index >= 15 is 0 Å². The van der Waals surface area contributed by atoms with Gasteiger partial charge in [0.05, 0.1) is 5.52 Å². The van der Waals surface area contributed by atoms with Gasteiger partial charge in [-0.05, 0) is 62.9 Å². The van der Waals surface area contributed by atoms with Crippen LogP contribution in [0.25, 0.3) is 10.9 Å². The fourth-order valence-electron chi connectivity index (χ4n) is 2.93. The Morgan fingerprint density at radius 3 is 2.64 bits per heavy atom. The number of hydrogen-bond donors (Lipinski definition) is 1. The number of nitrogens with zero attached hydrogens (tertiary/aromatic N) is 3. The van der Waals surface area contributed by atoms with Crippen molar-refractivity contribution in [2.24, 2.45) is 0 Å². The third-order valence-electron chi connectivity index (χ3n) is 4.21. The molecule has 3 rings (SSSR count). The van der Waals surface area contributed by atoms with E-state index in [0.717, 1.165) is 22.7 Å². The highest BCUT2D eigenvalue weighted by Crippen LogP contribution is 2.25. The minimum atomic E-state index is -0.202. The molecule has 0 unspecified atom stereocenters. The van der Waals surface area contributed by atoms with Gasteiger partial charge < -0.3 is 5.32 Å². The van der Waals surface area contributed by atoms with Gasteiger partial charge in [0.1, 0.15) is 5.82 Å². The number of anilines is 1. The van der Waals surface area contributed by atoms with E-state index in [4.69, 9.17) is 0 Å². The predicted octanol–water partition coefficient (Wildman–Crippen LogP) is 3.55. The summed E-state index contributed by atoms with van der Waals surface area (Å²) in [5.74, 6) is 0.827. The highest BCUT2D eigenvalue weighted by molar-refractivity contribution is 7.98. The second kappa shape index (κ2) is 7.27. The molecule has 2 aromatic heterocycles. The lowest BCUT2D eigenvalue weighted by Gasteiger charge is -2.12. The standard InChI is InChI=1S/C19H22N4OS/c1-12-9-18(22-17-6-5-15(25-4)11-16(12)17)20-7-8-23-14(3)10-13(2)21-19(23)24/h5-6,9-11H,7-8H2,1-4H3,(H,20,22). The Balaban J connectivity index is 1.77. The summed E-state index contributed by atoms with van der Waals surface area (Å²) in [6.45, 7) is 7.03. The molecule has 0 amide bonds. The highest BCUT2D eigenvalue weighted by atomic mass is 32.2. The first-order valence-electron chi connectivity index (χ1n) is 8.22. The first-order valence-corrected chi connectivity index (χ1v) is 9.45. The third-order valence-corrected chi connectivity index (χ3v) is 4.94. The van der Waals surface area contributed by atoms with Crippen molar-refractivity contribution in [2.75, 3.05) is 18.1 Å². The molecule has 0 bridgehead atoms. The van der Waals surface area contributed by atoms with Gasteiger partial charge in [0.2, 0.25) is 0 Å². The number of aryl methyl sites for hydroxylation is 3. The van der Waals surface area contributed by atoms with Crippen molar-refractivity contribution in [3.63, 3.8) is 0 Å². The van der Waals surface area contributed by atoms with Crippen LogP contribution in [0.4, 0.5) is 5.82 Å². The number of nitrogens with one attached hydrogen (secondary N) is 1. The van der Waals surface area contributed by atoms with Crippen LogP contribution in [0.3, 0.4) is 0 Å². The van der Waals surface area contributed by atoms with Crippen molar-refractivity contribution in [1.82, 2.24) is 14.5 Å². The van der Waals surface area contributed by atoms with E-state index in [1.807, 2.05) is 19.9 Å². The average Bonchev–Trinajstić information content (AvgIpc) is 2.57. The molecule has 2 heterocycles. The molecule has 25 heavy (non-hydrogen) atoms. The quantitative estimate of drug-likeness (QED) is 0.710. The minimum Gasteiger partial charge on any atom is -0.368 e. The van der Waals surface area contributed by atoms with Crippen molar-refractivity contribution in [3.05, 3.63) is 57.8 Å². The molecule has 3 aromatic rings. The van der Waals surface area contributed by atoms with E-state index in [1.165, 1.54) is 15.8 Å². The Morgan fingerprint density at radius 1 is 1.12 bits per heavy atom. The van der Waals surface area contributed by atoms with Crippen molar-refractivity contribution in [2.45, 2.75) is 32.2 Å². The van der Waals surface area contributed by atoms with E-state index in [9.17, 15) is 4.79 Å². The fraction of sp³-hybridized carbons (Fsp3) is 0.316. The summed E-state index contributed by atoms with van der Waals surface area (Å²) < 4.78 is 1.68. The van der Waals surface area contributed by atoms with Gasteiger partial charge in [0, 0.05) is 34.8 Å². The molecular formula is C19H22N4OS. The average molecular weight is 354 g/mol. The van der Waals surface area contributed by atoms with Crippen molar-refractivity contribution >= 4 is 28.5 Å². The Morgan fingerprint density at radius 2 is 1.92 bits per heavy atom. The summed E-state index contributed by atoms with van der Waals surface area (Å²) >= 11 is 1.73. The number of benzene rings is 1. The molecule has 0 aliphatic carbocycles. The topological polar surface area (TPSA) is 59.8 Å². The van der Waals surface area contributed by atoms with Crippen LogP contribution in [0, 0.1) is 20.8 Å². The largest absolute Gasteiger partial charge is 0.368 e. The number of aromatic nitrogens is 3. The van der Waals surface area contributed by atoms with Crippen LogP contribution in [-0.2, 0) is 6.54 Å². The van der Waals surface area contributed by atoms with Gasteiger partial charge in [-0.15, -0.1) is 11.8 Å². The zero-order valence-electron chi connectivity index (χ0n) is 15.0. The van der Waals surface area contributed by atoms with Gasteiger partial charge in [-0.1, -0.05) is 0 Å². The number of rotatable bonds is 5. The second-order valence-electron chi connectivity index (χ2n) is 6.11. The Labute approximate surface area is 151 Å². The van der Waals surface area contributed by atoms with Gasteiger partial charge in [-0.2, -0.15) is 4.98 Å². The van der Waals surface area contributed by atoms with E-state index in [1.54, 1.807) is 16.3 Å². The molecule has 0 radical (unpaired) electrons. The number of pyridine rings is 1. The van der Waals surface area contributed by atoms with Crippen molar-refractivity contribution < 1.29 is 0 Å². The molecule has 0 spiro atoms. The lowest BCUT2D eigenvalue weighted by molar-refractivity contribution is 0.647. The normalized spacial score (nSPS) is 11.0. The van der Waals surface area contributed by atoms with E-state index in [2.05, 4.69) is 52.7 Å². The third kappa shape index (κ3) is 3.85. The molecule has 0 aliphatic heterocycles. The van der Waals surface area contributed by atoms with Gasteiger partial charge >= 0.3 is 5.69 Å². The predicted molar refractivity (Wildman–Crippen MR) is 105 cm³/mol. The van der Waals surface area contributed by atoms with Crippen molar-refractivity contribution in [1.29, 1.82) is 0 Å². The fourth-order valence-corrected chi connectivity index (χ4v) is 3.37. The highest BCUT2D eigenvalue weighted by Gasteiger charge is 2.06. The maximum atomic E-state index is 12.0. The van der Waals surface area contributed by atoms with Crippen LogP contribution in [-0.4, -0.2) is 27.3 Å². The Kier molecular flexibility index (Phi) is 5.08. The summed E-state index contributed by atoms with van der Waals surface area (Å²) in [4.78, 5) is 21.9. The van der Waals surface area contributed by atoms with E-state index < -0.39 is 0 Å². The van der Waals surface area contributed by atoms with E-state index in [0.29, 0.717) is 13.1 Å². The lowest BCUT2D eigenvalue weighted by atomic mass is 10.1. The van der Waals surface area contributed by atoms with Crippen LogP contribution >= 0.6 is 11.8 Å². The van der Waals surface area contributed by atoms with Gasteiger partial charge in [-0.25, -0.2) is 9.78 Å². The molecule has 0 fully saturated rings. The molecule has 1 aromatic carbocycles. The zero-order valence-corrected chi connectivity index (χ0v) is 15.8. The lowest BCUT2D eigenvalue weighted by Crippen LogP contribution is -2.28. The van der Waals surface area contributed by atoms with Crippen LogP contribution < -0.4 is 11.0 Å². The van der Waals surface area contributed by atoms with Gasteiger partial charge in [-0.3, -0.25) is 4.57 Å². The van der Waals surface area contributed by atoms with Crippen LogP contribution in [0.15, 0.2) is 40.0 Å². The molecule has 130 valence electrons. The van der Waals surface area contributed by atoms with Gasteiger partial charge in [0.25, 0.3) is 0 Å². The maximum Gasteiger partial charge on any atom is 0.348 e. The summed E-state index contributed by atoms with van der Waals surface area (Å²) in [5, 5.41) is 4.49. The van der Waals surface area contributed by atoms with Crippen molar-refractivity contribution in [3.8, 4) is 0 Å². The molecule has 0 aliphatic rings. The molecule has 1 N–H and O–H groups in total. The molecule has 0 atom stereocenters. The minimum absolute atomic E-state index is 0.202. The van der Waals surface area contributed by atoms with Crippen LogP contribution in [0.5, 0.6) is 0 Å². The second-order valence-corrected chi connectivity index (χ2v) is 6.99. The molecule has 0 saturated carbocycles. The number of fused-ring (bicyclic) bond motifs is 1. The SMILES string of the molecule is CSc1ccc2nc(NCCn3c(C)cc(C)nc3=O)cc(C)c2c1. The first-order chi connectivity index (χ1) is 12.0. The number of thioether (sulfide) groups is 1. The zero-order chi connectivity index (χ0) is 18.0. The van der Waals surface area contributed by atoms with E-state index in [-0.39, 0.29) is 5.69 Å². The molecule has 0 saturated heterocycles. The Hall–Kier alpha value is -2.34. The summed E-state index contributed by atoms with van der Waals surface area (Å²) in [6.07, 6.45) is 2.07. The first kappa shape index (κ1) is 17.5. The molecular weight excluding hydrogens is 332 g/mol. The summed E-state index contributed by atoms with van der Waals surface area (Å²) in [7, 11) is 0.